The van der Waals surface area contributed by atoms with Crippen molar-refractivity contribution in [1.82, 2.24) is 19.3 Å². The van der Waals surface area contributed by atoms with E-state index in [2.05, 4.69) is 66.0 Å². The van der Waals surface area contributed by atoms with Gasteiger partial charge in [0.1, 0.15) is 7.40 Å². The van der Waals surface area contributed by atoms with Crippen molar-refractivity contribution in [2.75, 3.05) is 0 Å². The van der Waals surface area contributed by atoms with Gasteiger partial charge in [0.15, 0.2) is 0 Å². The van der Waals surface area contributed by atoms with E-state index in [0.29, 0.717) is 0 Å². The molecule has 6 heteroatoms. The number of aryl methyl sites for hydroxylation is 3. The minimum atomic E-state index is 0.885. The molecular weight excluding hydrogens is 418 g/mol. The first-order valence-electron chi connectivity index (χ1n) is 4.52. The average Bonchev–Trinajstić information content (AvgIpc) is 2.74. The maximum Gasteiger partial charge on any atom is 0.132 e. The fourth-order valence-electron chi connectivity index (χ4n) is 1.30. The maximum atomic E-state index is 4.25. The van der Waals surface area contributed by atoms with Crippen LogP contribution in [0.5, 0.6) is 0 Å². The summed E-state index contributed by atoms with van der Waals surface area (Å²) in [4.78, 5) is 4.25. The number of rotatable bonds is 3. The van der Waals surface area contributed by atoms with Crippen LogP contribution in [0.3, 0.4) is 0 Å². The zero-order valence-corrected chi connectivity index (χ0v) is 12.5. The molecule has 0 radical (unpaired) electrons. The number of hydrogen-bond donors (Lipinski definition) is 0. The summed E-state index contributed by atoms with van der Waals surface area (Å²) in [6.07, 6.45) is 5.80. The van der Waals surface area contributed by atoms with Crippen LogP contribution in [0.1, 0.15) is 5.56 Å². The van der Waals surface area contributed by atoms with E-state index in [4.69, 9.17) is 0 Å². The lowest BCUT2D eigenvalue weighted by Crippen LogP contribution is -2.08. The van der Waals surface area contributed by atoms with E-state index >= 15 is 0 Å². The van der Waals surface area contributed by atoms with Gasteiger partial charge in [-0.15, -0.1) is 0 Å². The second kappa shape index (κ2) is 4.81. The first-order chi connectivity index (χ1) is 7.16. The topological polar surface area (TPSA) is 35.6 Å². The van der Waals surface area contributed by atoms with Crippen molar-refractivity contribution < 1.29 is 0 Å². The Morgan fingerprint density at radius 2 is 2.13 bits per heavy atom. The van der Waals surface area contributed by atoms with E-state index in [-0.39, 0.29) is 0 Å². The van der Waals surface area contributed by atoms with Gasteiger partial charge in [-0.2, -0.15) is 5.10 Å². The molecular formula is C9H10I2N4. The quantitative estimate of drug-likeness (QED) is 0.704. The maximum absolute atomic E-state index is 4.25. The zero-order chi connectivity index (χ0) is 10.8. The van der Waals surface area contributed by atoms with Crippen LogP contribution in [0.25, 0.3) is 0 Å². The zero-order valence-electron chi connectivity index (χ0n) is 8.19. The highest BCUT2D eigenvalue weighted by atomic mass is 127. The molecule has 0 atom stereocenters. The highest BCUT2D eigenvalue weighted by Crippen LogP contribution is 2.12. The van der Waals surface area contributed by atoms with Crippen LogP contribution in [-0.2, 0) is 13.1 Å². The largest absolute Gasteiger partial charge is 0.323 e. The van der Waals surface area contributed by atoms with Gasteiger partial charge >= 0.3 is 0 Å². The minimum absolute atomic E-state index is 0.885. The van der Waals surface area contributed by atoms with Gasteiger partial charge in [0.2, 0.25) is 0 Å². The molecule has 0 aliphatic rings. The summed E-state index contributed by atoms with van der Waals surface area (Å²) in [5.41, 5.74) is 1.20. The predicted octanol–water partition coefficient (Wildman–Crippen LogP) is 2.30. The Labute approximate surface area is 115 Å². The van der Waals surface area contributed by atoms with Crippen LogP contribution >= 0.6 is 45.2 Å². The summed E-state index contributed by atoms with van der Waals surface area (Å²) in [6, 6.07) is 0. The molecule has 0 N–H and O–H groups in total. The molecule has 15 heavy (non-hydrogen) atoms. The van der Waals surface area contributed by atoms with Gasteiger partial charge in [-0.3, -0.25) is 4.68 Å². The molecule has 0 aliphatic heterocycles. The van der Waals surface area contributed by atoms with Crippen molar-refractivity contribution in [2.24, 2.45) is 0 Å². The normalized spacial score (nSPS) is 10.9. The van der Waals surface area contributed by atoms with E-state index in [1.165, 1.54) is 9.26 Å². The number of nitrogens with zero attached hydrogens (tertiary/aromatic N) is 4. The van der Waals surface area contributed by atoms with Crippen LogP contribution in [-0.4, -0.2) is 19.3 Å². The third kappa shape index (κ3) is 2.71. The van der Waals surface area contributed by atoms with E-state index in [9.17, 15) is 0 Å². The number of aromatic nitrogens is 4. The smallest absolute Gasteiger partial charge is 0.132 e. The third-order valence-electron chi connectivity index (χ3n) is 2.07. The van der Waals surface area contributed by atoms with Crippen LogP contribution in [0.4, 0.5) is 0 Å². The summed E-state index contributed by atoms with van der Waals surface area (Å²) in [5, 5.41) is 4.25. The number of halogens is 2. The molecule has 0 aliphatic carbocycles. The molecule has 0 aromatic carbocycles. The van der Waals surface area contributed by atoms with Crippen molar-refractivity contribution in [3.8, 4) is 0 Å². The van der Waals surface area contributed by atoms with Crippen molar-refractivity contribution in [1.29, 1.82) is 0 Å². The van der Waals surface area contributed by atoms with Crippen LogP contribution in [0.15, 0.2) is 18.7 Å². The van der Waals surface area contributed by atoms with Gasteiger partial charge in [-0.1, -0.05) is 0 Å². The second-order valence-corrected chi connectivity index (χ2v) is 5.34. The van der Waals surface area contributed by atoms with Gasteiger partial charge in [0.25, 0.3) is 0 Å². The second-order valence-electron chi connectivity index (χ2n) is 3.30. The van der Waals surface area contributed by atoms with E-state index in [1.807, 2.05) is 24.1 Å². The molecule has 0 unspecified atom stereocenters. The Hall–Kier alpha value is -0.120. The molecule has 2 heterocycles. The predicted molar refractivity (Wildman–Crippen MR) is 74.6 cm³/mol. The van der Waals surface area contributed by atoms with Crippen LogP contribution in [0.2, 0.25) is 0 Å². The SMILES string of the molecule is Cc1cnn(CCn2cnc(I)c2I)c1. The Balaban J connectivity index is 2.02. The lowest BCUT2D eigenvalue weighted by molar-refractivity contribution is 0.527. The summed E-state index contributed by atoms with van der Waals surface area (Å²) in [5.74, 6) is 0. The fraction of sp³-hybridized carbons (Fsp3) is 0.333. The fourth-order valence-corrected chi connectivity index (χ4v) is 2.24. The molecule has 0 amide bonds. The van der Waals surface area contributed by atoms with Gasteiger partial charge in [-0.05, 0) is 57.7 Å². The summed E-state index contributed by atoms with van der Waals surface area (Å²) < 4.78 is 6.35. The van der Waals surface area contributed by atoms with Gasteiger partial charge in [0, 0.05) is 12.7 Å². The average molecular weight is 428 g/mol. The molecule has 2 aromatic rings. The number of imidazole rings is 1. The highest BCUT2D eigenvalue weighted by Gasteiger charge is 2.04. The molecule has 4 nitrogen and oxygen atoms in total. The third-order valence-corrected chi connectivity index (χ3v) is 5.02. The molecule has 0 spiro atoms. The molecule has 0 fully saturated rings. The van der Waals surface area contributed by atoms with Crippen molar-refractivity contribution in [3.63, 3.8) is 0 Å². The lowest BCUT2D eigenvalue weighted by atomic mass is 10.4. The first kappa shape index (κ1) is 11.4. The summed E-state index contributed by atoms with van der Waals surface area (Å²) in [6.45, 7) is 3.85. The Kier molecular flexibility index (Phi) is 3.65. The summed E-state index contributed by atoms with van der Waals surface area (Å²) in [7, 11) is 0. The van der Waals surface area contributed by atoms with Crippen molar-refractivity contribution in [2.45, 2.75) is 20.0 Å². The first-order valence-corrected chi connectivity index (χ1v) is 6.68. The summed E-state index contributed by atoms with van der Waals surface area (Å²) >= 11 is 4.55. The Bertz CT molecular complexity index is 460. The highest BCUT2D eigenvalue weighted by molar-refractivity contribution is 14.1. The molecule has 0 saturated heterocycles. The van der Waals surface area contributed by atoms with Crippen molar-refractivity contribution in [3.05, 3.63) is 31.7 Å². The molecule has 80 valence electrons. The monoisotopic (exact) mass is 428 g/mol. The lowest BCUT2D eigenvalue weighted by Gasteiger charge is -2.04. The Morgan fingerprint density at radius 1 is 1.33 bits per heavy atom. The molecule has 0 bridgehead atoms. The standard InChI is InChI=1S/C9H10I2N4/c1-7-4-13-15(5-7)3-2-14-6-12-8(10)9(14)11/h4-6H,2-3H2,1H3. The number of hydrogen-bond acceptors (Lipinski definition) is 2. The van der Waals surface area contributed by atoms with Crippen LogP contribution < -0.4 is 0 Å². The van der Waals surface area contributed by atoms with E-state index < -0.39 is 0 Å². The van der Waals surface area contributed by atoms with Gasteiger partial charge in [0.05, 0.1) is 19.1 Å². The van der Waals surface area contributed by atoms with Crippen LogP contribution in [0, 0.1) is 14.3 Å². The Morgan fingerprint density at radius 3 is 2.67 bits per heavy atom. The molecule has 2 aromatic heterocycles. The van der Waals surface area contributed by atoms with Gasteiger partial charge < -0.3 is 4.57 Å². The molecule has 2 rings (SSSR count). The van der Waals surface area contributed by atoms with Crippen molar-refractivity contribution >= 4 is 45.2 Å². The van der Waals surface area contributed by atoms with Gasteiger partial charge in [-0.25, -0.2) is 4.98 Å². The van der Waals surface area contributed by atoms with E-state index in [0.717, 1.165) is 16.8 Å². The minimum Gasteiger partial charge on any atom is -0.323 e. The molecule has 0 saturated carbocycles. The van der Waals surface area contributed by atoms with E-state index in [1.54, 1.807) is 0 Å².